The number of likely N-dealkylation sites (N-methyl/N-ethyl adjacent to an activating group) is 1. The fourth-order valence-corrected chi connectivity index (χ4v) is 2.15. The minimum atomic E-state index is -0.189. The summed E-state index contributed by atoms with van der Waals surface area (Å²) in [5.41, 5.74) is 1.12. The van der Waals surface area contributed by atoms with Crippen LogP contribution in [0.15, 0.2) is 29.3 Å². The molecule has 0 amide bonds. The van der Waals surface area contributed by atoms with E-state index in [0.29, 0.717) is 0 Å². The van der Waals surface area contributed by atoms with E-state index in [-0.39, 0.29) is 5.82 Å². The molecular formula is C17H29FN4. The lowest BCUT2D eigenvalue weighted by Crippen LogP contribution is -2.41. The van der Waals surface area contributed by atoms with E-state index in [1.807, 2.05) is 12.1 Å². The van der Waals surface area contributed by atoms with Crippen molar-refractivity contribution < 1.29 is 4.39 Å². The molecule has 0 bridgehead atoms. The minimum Gasteiger partial charge on any atom is -0.356 e. The zero-order valence-electron chi connectivity index (χ0n) is 14.0. The van der Waals surface area contributed by atoms with Gasteiger partial charge in [-0.2, -0.15) is 0 Å². The number of nitrogens with one attached hydrogen (secondary N) is 2. The summed E-state index contributed by atoms with van der Waals surface area (Å²) < 4.78 is 12.9. The van der Waals surface area contributed by atoms with E-state index >= 15 is 0 Å². The fraction of sp³-hybridized carbons (Fsp3) is 0.588. The van der Waals surface area contributed by atoms with Gasteiger partial charge in [-0.05, 0) is 31.2 Å². The predicted molar refractivity (Wildman–Crippen MR) is 91.6 cm³/mol. The molecule has 0 spiro atoms. The van der Waals surface area contributed by atoms with Crippen molar-refractivity contribution >= 4 is 5.96 Å². The minimum absolute atomic E-state index is 0.189. The van der Waals surface area contributed by atoms with Gasteiger partial charge in [0.15, 0.2) is 5.96 Å². The first kappa shape index (κ1) is 18.4. The van der Waals surface area contributed by atoms with Gasteiger partial charge in [0.1, 0.15) is 5.82 Å². The maximum absolute atomic E-state index is 12.9. The van der Waals surface area contributed by atoms with Crippen molar-refractivity contribution in [1.29, 1.82) is 0 Å². The Morgan fingerprint density at radius 3 is 2.45 bits per heavy atom. The first-order chi connectivity index (χ1) is 10.7. The molecule has 0 unspecified atom stereocenters. The average Bonchev–Trinajstić information content (AvgIpc) is 2.52. The van der Waals surface area contributed by atoms with E-state index in [0.717, 1.165) is 37.7 Å². The van der Waals surface area contributed by atoms with Crippen molar-refractivity contribution in [3.63, 3.8) is 0 Å². The summed E-state index contributed by atoms with van der Waals surface area (Å²) in [5.74, 6) is 0.664. The van der Waals surface area contributed by atoms with Crippen LogP contribution in [0.2, 0.25) is 0 Å². The standard InChI is InChI=1S/C17H29FN4/c1-4-5-6-11-20-17(19-2)21-12-13-22(3)14-15-7-9-16(18)10-8-15/h7-10H,4-6,11-14H2,1-3H3,(H2,19,20,21). The van der Waals surface area contributed by atoms with E-state index in [2.05, 4.69) is 34.5 Å². The highest BCUT2D eigenvalue weighted by Gasteiger charge is 2.02. The number of hydrogen-bond donors (Lipinski definition) is 2. The van der Waals surface area contributed by atoms with Gasteiger partial charge in [0.05, 0.1) is 0 Å². The quantitative estimate of drug-likeness (QED) is 0.418. The zero-order valence-corrected chi connectivity index (χ0v) is 14.0. The monoisotopic (exact) mass is 308 g/mol. The smallest absolute Gasteiger partial charge is 0.191 e. The van der Waals surface area contributed by atoms with Crippen LogP contribution in [0.5, 0.6) is 0 Å². The molecule has 0 saturated carbocycles. The SMILES string of the molecule is CCCCCNC(=NC)NCCN(C)Cc1ccc(F)cc1. The molecule has 0 fully saturated rings. The maximum atomic E-state index is 12.9. The number of unbranched alkanes of at least 4 members (excludes halogenated alkanes) is 2. The van der Waals surface area contributed by atoms with Gasteiger partial charge in [0, 0.05) is 33.2 Å². The number of rotatable bonds is 9. The predicted octanol–water partition coefficient (Wildman–Crippen LogP) is 2.61. The van der Waals surface area contributed by atoms with Gasteiger partial charge in [-0.1, -0.05) is 31.9 Å². The lowest BCUT2D eigenvalue weighted by atomic mass is 10.2. The van der Waals surface area contributed by atoms with E-state index in [1.54, 1.807) is 7.05 Å². The van der Waals surface area contributed by atoms with Crippen molar-refractivity contribution in [2.24, 2.45) is 4.99 Å². The van der Waals surface area contributed by atoms with Crippen molar-refractivity contribution in [2.45, 2.75) is 32.7 Å². The van der Waals surface area contributed by atoms with Gasteiger partial charge in [-0.15, -0.1) is 0 Å². The number of halogens is 1. The second-order valence-corrected chi connectivity index (χ2v) is 5.50. The van der Waals surface area contributed by atoms with Crippen molar-refractivity contribution in [3.8, 4) is 0 Å². The summed E-state index contributed by atoms with van der Waals surface area (Å²) in [6, 6.07) is 6.66. The largest absolute Gasteiger partial charge is 0.356 e. The average molecular weight is 308 g/mol. The molecule has 0 aliphatic rings. The third-order valence-electron chi connectivity index (χ3n) is 3.45. The van der Waals surface area contributed by atoms with Crippen LogP contribution in [0.3, 0.4) is 0 Å². The molecule has 0 aliphatic heterocycles. The Balaban J connectivity index is 2.20. The van der Waals surface area contributed by atoms with Crippen LogP contribution >= 0.6 is 0 Å². The molecule has 4 nitrogen and oxygen atoms in total. The molecule has 124 valence electrons. The molecule has 0 atom stereocenters. The normalized spacial score (nSPS) is 11.8. The highest BCUT2D eigenvalue weighted by molar-refractivity contribution is 5.79. The number of nitrogens with zero attached hydrogens (tertiary/aromatic N) is 2. The van der Waals surface area contributed by atoms with Gasteiger partial charge in [-0.3, -0.25) is 4.99 Å². The molecular weight excluding hydrogens is 279 g/mol. The van der Waals surface area contributed by atoms with E-state index in [1.165, 1.54) is 31.4 Å². The lowest BCUT2D eigenvalue weighted by Gasteiger charge is -2.18. The topological polar surface area (TPSA) is 39.7 Å². The van der Waals surface area contributed by atoms with Crippen molar-refractivity contribution in [2.75, 3.05) is 33.7 Å². The molecule has 1 rings (SSSR count). The number of benzene rings is 1. The molecule has 0 aliphatic carbocycles. The Labute approximate surface area is 133 Å². The Kier molecular flexibility index (Phi) is 9.23. The summed E-state index contributed by atoms with van der Waals surface area (Å²) >= 11 is 0. The number of hydrogen-bond acceptors (Lipinski definition) is 2. The zero-order chi connectivity index (χ0) is 16.2. The molecule has 0 saturated heterocycles. The van der Waals surface area contributed by atoms with Gasteiger partial charge >= 0.3 is 0 Å². The lowest BCUT2D eigenvalue weighted by molar-refractivity contribution is 0.331. The van der Waals surface area contributed by atoms with Crippen molar-refractivity contribution in [3.05, 3.63) is 35.6 Å². The van der Waals surface area contributed by atoms with Gasteiger partial charge in [0.25, 0.3) is 0 Å². The van der Waals surface area contributed by atoms with Crippen LogP contribution in [0.25, 0.3) is 0 Å². The molecule has 1 aromatic carbocycles. The molecule has 1 aromatic rings. The second-order valence-electron chi connectivity index (χ2n) is 5.50. The molecule has 2 N–H and O–H groups in total. The maximum Gasteiger partial charge on any atom is 0.191 e. The number of aliphatic imine (C=N–C) groups is 1. The molecule has 0 radical (unpaired) electrons. The second kappa shape index (κ2) is 11.0. The molecule has 22 heavy (non-hydrogen) atoms. The highest BCUT2D eigenvalue weighted by Crippen LogP contribution is 2.04. The summed E-state index contributed by atoms with van der Waals surface area (Å²) in [6.07, 6.45) is 3.63. The molecule has 0 heterocycles. The highest BCUT2D eigenvalue weighted by atomic mass is 19.1. The van der Waals surface area contributed by atoms with Crippen molar-refractivity contribution in [1.82, 2.24) is 15.5 Å². The van der Waals surface area contributed by atoms with Gasteiger partial charge in [0.2, 0.25) is 0 Å². The first-order valence-corrected chi connectivity index (χ1v) is 8.03. The third kappa shape index (κ3) is 7.98. The third-order valence-corrected chi connectivity index (χ3v) is 3.45. The summed E-state index contributed by atoms with van der Waals surface area (Å²) in [6.45, 7) is 5.69. The van der Waals surface area contributed by atoms with Crippen LogP contribution in [0.1, 0.15) is 31.7 Å². The van der Waals surface area contributed by atoms with E-state index in [4.69, 9.17) is 0 Å². The number of guanidine groups is 1. The van der Waals surface area contributed by atoms with Crippen LogP contribution in [0, 0.1) is 5.82 Å². The van der Waals surface area contributed by atoms with Crippen LogP contribution in [0.4, 0.5) is 4.39 Å². The van der Waals surface area contributed by atoms with Crippen LogP contribution in [-0.4, -0.2) is 44.6 Å². The fourth-order valence-electron chi connectivity index (χ4n) is 2.15. The van der Waals surface area contributed by atoms with Crippen LogP contribution in [-0.2, 0) is 6.54 Å². The summed E-state index contributed by atoms with van der Waals surface area (Å²) in [5, 5.41) is 6.62. The Hall–Kier alpha value is -1.62. The van der Waals surface area contributed by atoms with E-state index < -0.39 is 0 Å². The van der Waals surface area contributed by atoms with Crippen LogP contribution < -0.4 is 10.6 Å². The summed E-state index contributed by atoms with van der Waals surface area (Å²) in [4.78, 5) is 6.41. The molecule has 5 heteroatoms. The molecule has 0 aromatic heterocycles. The van der Waals surface area contributed by atoms with Gasteiger partial charge in [-0.25, -0.2) is 4.39 Å². The Morgan fingerprint density at radius 2 is 1.82 bits per heavy atom. The first-order valence-electron chi connectivity index (χ1n) is 8.03. The summed E-state index contributed by atoms with van der Waals surface area (Å²) in [7, 11) is 3.85. The van der Waals surface area contributed by atoms with E-state index in [9.17, 15) is 4.39 Å². The Bertz CT molecular complexity index is 431. The van der Waals surface area contributed by atoms with Gasteiger partial charge < -0.3 is 15.5 Å². The Morgan fingerprint density at radius 1 is 1.14 bits per heavy atom.